The third-order valence-electron chi connectivity index (χ3n) is 3.39. The van der Waals surface area contributed by atoms with Crippen LogP contribution in [0, 0.1) is 13.8 Å². The lowest BCUT2D eigenvalue weighted by Crippen LogP contribution is -2.34. The van der Waals surface area contributed by atoms with Gasteiger partial charge in [0.15, 0.2) is 0 Å². The minimum Gasteiger partial charge on any atom is -0.325 e. The molecular formula is C14H18BrNOS. The molecule has 1 unspecified atom stereocenters. The van der Waals surface area contributed by atoms with E-state index >= 15 is 0 Å². The predicted octanol–water partition coefficient (Wildman–Crippen LogP) is 4.29. The molecule has 0 bridgehead atoms. The fourth-order valence-electron chi connectivity index (χ4n) is 2.24. The zero-order valence-corrected chi connectivity index (χ0v) is 13.4. The van der Waals surface area contributed by atoms with Crippen LogP contribution in [0.2, 0.25) is 0 Å². The van der Waals surface area contributed by atoms with Gasteiger partial charge in [0.05, 0.1) is 4.75 Å². The number of halogens is 1. The normalized spacial score (nSPS) is 23.1. The highest BCUT2D eigenvalue weighted by molar-refractivity contribution is 9.10. The Morgan fingerprint density at radius 2 is 2.00 bits per heavy atom. The van der Waals surface area contributed by atoms with Crippen molar-refractivity contribution in [1.82, 2.24) is 0 Å². The number of rotatable bonds is 2. The highest BCUT2D eigenvalue weighted by Gasteiger charge is 2.37. The Balaban J connectivity index is 2.17. The van der Waals surface area contributed by atoms with Crippen molar-refractivity contribution >= 4 is 39.3 Å². The van der Waals surface area contributed by atoms with Crippen LogP contribution in [0.3, 0.4) is 0 Å². The fraction of sp³-hybridized carbons (Fsp3) is 0.500. The Labute approximate surface area is 121 Å². The van der Waals surface area contributed by atoms with E-state index in [1.165, 1.54) is 0 Å². The van der Waals surface area contributed by atoms with E-state index in [1.807, 2.05) is 32.9 Å². The second kappa shape index (κ2) is 5.25. The van der Waals surface area contributed by atoms with Crippen LogP contribution in [0.15, 0.2) is 16.6 Å². The van der Waals surface area contributed by atoms with Crippen LogP contribution in [0.25, 0.3) is 0 Å². The zero-order valence-electron chi connectivity index (χ0n) is 11.0. The summed E-state index contributed by atoms with van der Waals surface area (Å²) in [6.45, 7) is 6.12. The molecule has 0 spiro atoms. The summed E-state index contributed by atoms with van der Waals surface area (Å²) in [5.41, 5.74) is 3.19. The molecule has 2 rings (SSSR count). The number of carbonyl (C=O) groups excluding carboxylic acids is 1. The Hall–Kier alpha value is -0.480. The van der Waals surface area contributed by atoms with E-state index < -0.39 is 0 Å². The predicted molar refractivity (Wildman–Crippen MR) is 82.3 cm³/mol. The summed E-state index contributed by atoms with van der Waals surface area (Å²) in [4.78, 5) is 12.3. The average molecular weight is 328 g/mol. The van der Waals surface area contributed by atoms with Crippen molar-refractivity contribution < 1.29 is 4.79 Å². The average Bonchev–Trinajstić information content (AvgIpc) is 2.74. The third-order valence-corrected chi connectivity index (χ3v) is 6.16. The molecule has 1 fully saturated rings. The van der Waals surface area contributed by atoms with E-state index in [0.717, 1.165) is 39.9 Å². The number of hydrogen-bond donors (Lipinski definition) is 1. The van der Waals surface area contributed by atoms with Crippen LogP contribution in [-0.2, 0) is 4.79 Å². The van der Waals surface area contributed by atoms with Crippen LogP contribution in [0.1, 0.15) is 30.9 Å². The monoisotopic (exact) mass is 327 g/mol. The molecule has 0 aliphatic carbocycles. The van der Waals surface area contributed by atoms with E-state index in [9.17, 15) is 4.79 Å². The number of carbonyl (C=O) groups is 1. The second-order valence-corrected chi connectivity index (χ2v) is 7.45. The van der Waals surface area contributed by atoms with E-state index in [1.54, 1.807) is 11.8 Å². The van der Waals surface area contributed by atoms with Crippen LogP contribution in [-0.4, -0.2) is 16.4 Å². The lowest BCUT2D eigenvalue weighted by atomic mass is 10.0. The topological polar surface area (TPSA) is 29.1 Å². The molecule has 1 aromatic carbocycles. The molecule has 18 heavy (non-hydrogen) atoms. The third kappa shape index (κ3) is 2.75. The smallest absolute Gasteiger partial charge is 0.240 e. The Morgan fingerprint density at radius 1 is 1.39 bits per heavy atom. The molecule has 1 saturated heterocycles. The highest BCUT2D eigenvalue weighted by atomic mass is 79.9. The highest BCUT2D eigenvalue weighted by Crippen LogP contribution is 2.38. The molecule has 4 heteroatoms. The molecule has 1 aliphatic heterocycles. The minimum absolute atomic E-state index is 0.131. The summed E-state index contributed by atoms with van der Waals surface area (Å²) in [5, 5.41) is 3.05. The lowest BCUT2D eigenvalue weighted by molar-refractivity contribution is -0.118. The van der Waals surface area contributed by atoms with Crippen LogP contribution in [0.5, 0.6) is 0 Å². The van der Waals surface area contributed by atoms with Crippen LogP contribution < -0.4 is 5.32 Å². The number of nitrogens with one attached hydrogen (secondary N) is 1. The number of hydrogen-bond acceptors (Lipinski definition) is 2. The summed E-state index contributed by atoms with van der Waals surface area (Å²) in [6.07, 6.45) is 2.10. The van der Waals surface area contributed by atoms with E-state index in [4.69, 9.17) is 0 Å². The quantitative estimate of drug-likeness (QED) is 0.877. The fourth-order valence-corrected chi connectivity index (χ4v) is 3.68. The second-order valence-electron chi connectivity index (χ2n) is 5.06. The van der Waals surface area contributed by atoms with Crippen molar-refractivity contribution in [2.24, 2.45) is 0 Å². The number of anilines is 1. The van der Waals surface area contributed by atoms with Gasteiger partial charge in [-0.3, -0.25) is 4.79 Å². The summed E-state index contributed by atoms with van der Waals surface area (Å²) >= 11 is 5.30. The van der Waals surface area contributed by atoms with Crippen molar-refractivity contribution in [3.8, 4) is 0 Å². The SMILES string of the molecule is Cc1cc(NC(=O)C2(C)CCCS2)cc(C)c1Br. The van der Waals surface area contributed by atoms with Gasteiger partial charge in [0.1, 0.15) is 0 Å². The molecule has 0 radical (unpaired) electrons. The molecule has 1 aliphatic rings. The first-order valence-electron chi connectivity index (χ1n) is 6.14. The molecule has 0 saturated carbocycles. The number of amides is 1. The zero-order chi connectivity index (χ0) is 13.3. The number of aryl methyl sites for hydroxylation is 2. The van der Waals surface area contributed by atoms with Crippen molar-refractivity contribution in [1.29, 1.82) is 0 Å². The minimum atomic E-state index is -0.255. The van der Waals surface area contributed by atoms with Gasteiger partial charge in [0.25, 0.3) is 0 Å². The van der Waals surface area contributed by atoms with Gasteiger partial charge in [-0.2, -0.15) is 0 Å². The molecule has 98 valence electrons. The van der Waals surface area contributed by atoms with Gasteiger partial charge in [-0.1, -0.05) is 15.9 Å². The lowest BCUT2D eigenvalue weighted by Gasteiger charge is -2.22. The van der Waals surface area contributed by atoms with E-state index in [-0.39, 0.29) is 10.7 Å². The summed E-state index contributed by atoms with van der Waals surface area (Å²) < 4.78 is 0.858. The standard InChI is InChI=1S/C14H18BrNOS/c1-9-7-11(8-10(2)12(9)15)16-13(17)14(3)5-4-6-18-14/h7-8H,4-6H2,1-3H3,(H,16,17). The first-order valence-corrected chi connectivity index (χ1v) is 7.92. The van der Waals surface area contributed by atoms with Crippen molar-refractivity contribution in [3.05, 3.63) is 27.7 Å². The van der Waals surface area contributed by atoms with E-state index in [0.29, 0.717) is 0 Å². The maximum atomic E-state index is 12.3. The van der Waals surface area contributed by atoms with Gasteiger partial charge in [-0.25, -0.2) is 0 Å². The maximum absolute atomic E-state index is 12.3. The van der Waals surface area contributed by atoms with Crippen LogP contribution in [0.4, 0.5) is 5.69 Å². The summed E-state index contributed by atoms with van der Waals surface area (Å²) in [5.74, 6) is 1.22. The molecule has 1 amide bonds. The summed E-state index contributed by atoms with van der Waals surface area (Å²) in [6, 6.07) is 4.02. The van der Waals surface area contributed by atoms with Gasteiger partial charge >= 0.3 is 0 Å². The number of thioether (sulfide) groups is 1. The first-order chi connectivity index (χ1) is 8.42. The van der Waals surface area contributed by atoms with Crippen molar-refractivity contribution in [2.75, 3.05) is 11.1 Å². The van der Waals surface area contributed by atoms with Gasteiger partial charge in [0, 0.05) is 10.2 Å². The van der Waals surface area contributed by atoms with Gasteiger partial charge in [0.2, 0.25) is 5.91 Å². The number of benzene rings is 1. The Morgan fingerprint density at radius 3 is 2.50 bits per heavy atom. The maximum Gasteiger partial charge on any atom is 0.240 e. The summed E-state index contributed by atoms with van der Waals surface area (Å²) in [7, 11) is 0. The molecule has 0 aromatic heterocycles. The Bertz CT molecular complexity index is 458. The van der Waals surface area contributed by atoms with Gasteiger partial charge < -0.3 is 5.32 Å². The largest absolute Gasteiger partial charge is 0.325 e. The van der Waals surface area contributed by atoms with Crippen molar-refractivity contribution in [2.45, 2.75) is 38.4 Å². The van der Waals surface area contributed by atoms with Gasteiger partial charge in [-0.05, 0) is 62.6 Å². The van der Waals surface area contributed by atoms with Crippen LogP contribution >= 0.6 is 27.7 Å². The van der Waals surface area contributed by atoms with E-state index in [2.05, 4.69) is 21.2 Å². The van der Waals surface area contributed by atoms with Gasteiger partial charge in [-0.15, -0.1) is 11.8 Å². The van der Waals surface area contributed by atoms with Crippen molar-refractivity contribution in [3.63, 3.8) is 0 Å². The molecule has 1 atom stereocenters. The molecule has 1 N–H and O–H groups in total. The molecular weight excluding hydrogens is 310 g/mol. The molecule has 2 nitrogen and oxygen atoms in total. The molecule has 1 heterocycles. The molecule has 1 aromatic rings. The first kappa shape index (κ1) is 13.9. The Kier molecular flexibility index (Phi) is 4.07.